The Labute approximate surface area is 66.4 Å². The molecule has 0 spiro atoms. The van der Waals surface area contributed by atoms with E-state index in [0.29, 0.717) is 6.61 Å². The molecule has 1 radical (unpaired) electrons. The molecule has 59 valence electrons. The number of ether oxygens (including phenoxy) is 1. The largest absolute Gasteiger partial charge is 0.384 e. The SMILES string of the molecule is COCCc1c[c]nc(C)n1. The van der Waals surface area contributed by atoms with Gasteiger partial charge in [-0.05, 0) is 13.0 Å². The third-order valence-corrected chi connectivity index (χ3v) is 1.33. The van der Waals surface area contributed by atoms with Gasteiger partial charge in [0, 0.05) is 19.2 Å². The van der Waals surface area contributed by atoms with Crippen molar-refractivity contribution in [3.8, 4) is 0 Å². The number of nitrogens with zero attached hydrogens (tertiary/aromatic N) is 2. The molecule has 0 saturated heterocycles. The van der Waals surface area contributed by atoms with Crippen LogP contribution in [0.5, 0.6) is 0 Å². The Bertz CT molecular complexity index is 225. The summed E-state index contributed by atoms with van der Waals surface area (Å²) in [5, 5.41) is 0. The molecule has 0 unspecified atom stereocenters. The first-order valence-corrected chi connectivity index (χ1v) is 3.52. The van der Waals surface area contributed by atoms with E-state index in [2.05, 4.69) is 16.2 Å². The Morgan fingerprint density at radius 3 is 3.09 bits per heavy atom. The average Bonchev–Trinajstić information content (AvgIpc) is 2.01. The van der Waals surface area contributed by atoms with E-state index >= 15 is 0 Å². The first-order chi connectivity index (χ1) is 5.33. The predicted octanol–water partition coefficient (Wildman–Crippen LogP) is 0.774. The zero-order chi connectivity index (χ0) is 8.10. The second-order valence-corrected chi connectivity index (χ2v) is 2.28. The number of aromatic nitrogens is 2. The summed E-state index contributed by atoms with van der Waals surface area (Å²) in [6, 6.07) is 1.78. The molecule has 0 aliphatic carbocycles. The molecule has 0 aliphatic rings. The van der Waals surface area contributed by atoms with E-state index in [0.717, 1.165) is 17.9 Å². The minimum absolute atomic E-state index is 0.699. The van der Waals surface area contributed by atoms with Crippen molar-refractivity contribution in [3.63, 3.8) is 0 Å². The second kappa shape index (κ2) is 4.03. The quantitative estimate of drug-likeness (QED) is 0.640. The monoisotopic (exact) mass is 151 g/mol. The maximum atomic E-state index is 4.91. The molecule has 0 amide bonds. The summed E-state index contributed by atoms with van der Waals surface area (Å²) in [4.78, 5) is 8.06. The van der Waals surface area contributed by atoms with Crippen molar-refractivity contribution in [1.29, 1.82) is 0 Å². The zero-order valence-corrected chi connectivity index (χ0v) is 6.79. The third-order valence-electron chi connectivity index (χ3n) is 1.33. The van der Waals surface area contributed by atoms with Crippen LogP contribution in [-0.2, 0) is 11.2 Å². The lowest BCUT2D eigenvalue weighted by Crippen LogP contribution is -1.99. The number of methoxy groups -OCH3 is 1. The molecule has 0 aromatic carbocycles. The van der Waals surface area contributed by atoms with Gasteiger partial charge in [0.1, 0.15) is 5.82 Å². The van der Waals surface area contributed by atoms with Crippen LogP contribution in [-0.4, -0.2) is 23.7 Å². The Hall–Kier alpha value is -0.960. The van der Waals surface area contributed by atoms with Crippen molar-refractivity contribution < 1.29 is 4.74 Å². The molecule has 0 aliphatic heterocycles. The van der Waals surface area contributed by atoms with Gasteiger partial charge in [0.15, 0.2) is 0 Å². The van der Waals surface area contributed by atoms with Gasteiger partial charge in [0.2, 0.25) is 0 Å². The molecular formula is C8H11N2O. The molecule has 3 heteroatoms. The lowest BCUT2D eigenvalue weighted by atomic mass is 10.3. The van der Waals surface area contributed by atoms with Gasteiger partial charge in [0.05, 0.1) is 12.8 Å². The van der Waals surface area contributed by atoms with Gasteiger partial charge in [-0.25, -0.2) is 9.97 Å². The molecule has 0 N–H and O–H groups in total. The molecule has 1 aromatic rings. The Morgan fingerprint density at radius 2 is 2.45 bits per heavy atom. The highest BCUT2D eigenvalue weighted by Crippen LogP contribution is 1.94. The summed E-state index contributed by atoms with van der Waals surface area (Å²) in [6.07, 6.45) is 3.60. The summed E-state index contributed by atoms with van der Waals surface area (Å²) in [5.41, 5.74) is 0.986. The summed E-state index contributed by atoms with van der Waals surface area (Å²) < 4.78 is 4.91. The first kappa shape index (κ1) is 8.14. The molecule has 1 rings (SSSR count). The van der Waals surface area contributed by atoms with E-state index in [1.807, 2.05) is 6.92 Å². The third kappa shape index (κ3) is 2.63. The van der Waals surface area contributed by atoms with Gasteiger partial charge < -0.3 is 4.74 Å². The normalized spacial score (nSPS) is 10.0. The van der Waals surface area contributed by atoms with Crippen molar-refractivity contribution in [2.45, 2.75) is 13.3 Å². The van der Waals surface area contributed by atoms with E-state index < -0.39 is 0 Å². The van der Waals surface area contributed by atoms with E-state index in [9.17, 15) is 0 Å². The van der Waals surface area contributed by atoms with Crippen LogP contribution in [0.1, 0.15) is 11.5 Å². The number of aryl methyl sites for hydroxylation is 1. The number of hydrogen-bond donors (Lipinski definition) is 0. The molecule has 11 heavy (non-hydrogen) atoms. The van der Waals surface area contributed by atoms with Crippen LogP contribution in [0.3, 0.4) is 0 Å². The van der Waals surface area contributed by atoms with Gasteiger partial charge in [-0.1, -0.05) is 0 Å². The fourth-order valence-corrected chi connectivity index (χ4v) is 0.800. The number of hydrogen-bond acceptors (Lipinski definition) is 3. The highest BCUT2D eigenvalue weighted by Gasteiger charge is 1.94. The second-order valence-electron chi connectivity index (χ2n) is 2.28. The van der Waals surface area contributed by atoms with Gasteiger partial charge >= 0.3 is 0 Å². The summed E-state index contributed by atoms with van der Waals surface area (Å²) in [7, 11) is 1.68. The van der Waals surface area contributed by atoms with Crippen molar-refractivity contribution in [1.82, 2.24) is 9.97 Å². The minimum Gasteiger partial charge on any atom is -0.384 e. The van der Waals surface area contributed by atoms with Crippen molar-refractivity contribution in [2.75, 3.05) is 13.7 Å². The molecule has 0 bridgehead atoms. The Kier molecular flexibility index (Phi) is 2.98. The lowest BCUT2D eigenvalue weighted by Gasteiger charge is -1.98. The topological polar surface area (TPSA) is 35.0 Å². The highest BCUT2D eigenvalue weighted by atomic mass is 16.5. The molecule has 1 aromatic heterocycles. The maximum absolute atomic E-state index is 4.91. The molecule has 1 heterocycles. The van der Waals surface area contributed by atoms with E-state index in [1.54, 1.807) is 13.2 Å². The van der Waals surface area contributed by atoms with E-state index in [-0.39, 0.29) is 0 Å². The van der Waals surface area contributed by atoms with Gasteiger partial charge in [-0.15, -0.1) is 0 Å². The first-order valence-electron chi connectivity index (χ1n) is 3.52. The van der Waals surface area contributed by atoms with Crippen LogP contribution < -0.4 is 0 Å². The summed E-state index contributed by atoms with van der Waals surface area (Å²) >= 11 is 0. The van der Waals surface area contributed by atoms with Crippen LogP contribution in [0.15, 0.2) is 6.07 Å². The standard InChI is InChI=1S/C8H11N2O/c1-7-9-5-3-8(10-7)4-6-11-2/h3H,4,6H2,1-2H3. The highest BCUT2D eigenvalue weighted by molar-refractivity contribution is 5.00. The molecule has 0 fully saturated rings. The van der Waals surface area contributed by atoms with Gasteiger partial charge in [0.25, 0.3) is 0 Å². The molecule has 3 nitrogen and oxygen atoms in total. The maximum Gasteiger partial charge on any atom is 0.126 e. The van der Waals surface area contributed by atoms with Gasteiger partial charge in [-0.2, -0.15) is 0 Å². The number of rotatable bonds is 3. The van der Waals surface area contributed by atoms with Gasteiger partial charge in [-0.3, -0.25) is 0 Å². The molecule has 0 saturated carbocycles. The summed E-state index contributed by atoms with van der Waals surface area (Å²) in [6.45, 7) is 2.55. The van der Waals surface area contributed by atoms with E-state index in [4.69, 9.17) is 4.74 Å². The lowest BCUT2D eigenvalue weighted by molar-refractivity contribution is 0.201. The predicted molar refractivity (Wildman–Crippen MR) is 41.2 cm³/mol. The van der Waals surface area contributed by atoms with Crippen LogP contribution in [0.25, 0.3) is 0 Å². The smallest absolute Gasteiger partial charge is 0.126 e. The van der Waals surface area contributed by atoms with Crippen LogP contribution in [0, 0.1) is 13.1 Å². The minimum atomic E-state index is 0.699. The zero-order valence-electron chi connectivity index (χ0n) is 6.79. The average molecular weight is 151 g/mol. The van der Waals surface area contributed by atoms with Crippen LogP contribution >= 0.6 is 0 Å². The van der Waals surface area contributed by atoms with Crippen molar-refractivity contribution in [3.05, 3.63) is 23.8 Å². The van der Waals surface area contributed by atoms with E-state index in [1.165, 1.54) is 0 Å². The molecule has 0 atom stereocenters. The van der Waals surface area contributed by atoms with Crippen LogP contribution in [0.4, 0.5) is 0 Å². The van der Waals surface area contributed by atoms with Crippen molar-refractivity contribution in [2.24, 2.45) is 0 Å². The van der Waals surface area contributed by atoms with Crippen LogP contribution in [0.2, 0.25) is 0 Å². The Balaban J connectivity index is 2.56. The summed E-state index contributed by atoms with van der Waals surface area (Å²) in [5.74, 6) is 0.763. The Morgan fingerprint density at radius 1 is 1.64 bits per heavy atom. The molecular weight excluding hydrogens is 140 g/mol. The van der Waals surface area contributed by atoms with Crippen molar-refractivity contribution >= 4 is 0 Å². The fourth-order valence-electron chi connectivity index (χ4n) is 0.800. The fraction of sp³-hybridized carbons (Fsp3) is 0.500.